The van der Waals surface area contributed by atoms with Gasteiger partial charge in [-0.1, -0.05) is 83.4 Å². The van der Waals surface area contributed by atoms with E-state index in [1.54, 1.807) is 7.11 Å². The average molecular weight is 490 g/mol. The summed E-state index contributed by atoms with van der Waals surface area (Å²) in [6.45, 7) is 4.23. The molecule has 0 aliphatic rings. The number of hydrogen-bond acceptors (Lipinski definition) is 2. The summed E-state index contributed by atoms with van der Waals surface area (Å²) in [5, 5.41) is 0.706. The third kappa shape index (κ3) is 5.00. The fourth-order valence-corrected chi connectivity index (χ4v) is 4.51. The molecule has 36 heavy (non-hydrogen) atoms. The Labute approximate surface area is 218 Å². The Hall–Kier alpha value is -4.01. The highest BCUT2D eigenvalue weighted by Crippen LogP contribution is 2.43. The van der Waals surface area contributed by atoms with Crippen LogP contribution in [0.3, 0.4) is 0 Å². The molecule has 5 aromatic rings. The first kappa shape index (κ1) is 23.7. The normalized spacial score (nSPS) is 10.8. The van der Waals surface area contributed by atoms with Gasteiger partial charge in [-0.15, -0.1) is 0 Å². The van der Waals surface area contributed by atoms with Crippen LogP contribution in [0.15, 0.2) is 115 Å². The summed E-state index contributed by atoms with van der Waals surface area (Å²) in [6, 6.07) is 40.2. The topological polar surface area (TPSA) is 12.5 Å². The highest BCUT2D eigenvalue weighted by molar-refractivity contribution is 6.30. The van der Waals surface area contributed by atoms with Crippen molar-refractivity contribution in [2.75, 3.05) is 12.0 Å². The molecular weight excluding hydrogens is 462 g/mol. The Morgan fingerprint density at radius 2 is 1.19 bits per heavy atom. The highest BCUT2D eigenvalue weighted by atomic mass is 35.5. The van der Waals surface area contributed by atoms with Gasteiger partial charge in [0.15, 0.2) is 0 Å². The van der Waals surface area contributed by atoms with E-state index in [1.807, 2.05) is 24.3 Å². The van der Waals surface area contributed by atoms with Crippen LogP contribution in [0.1, 0.15) is 11.1 Å². The van der Waals surface area contributed by atoms with Gasteiger partial charge in [0, 0.05) is 28.0 Å². The quantitative estimate of drug-likeness (QED) is 0.235. The summed E-state index contributed by atoms with van der Waals surface area (Å²) in [5.74, 6) is 0.805. The Morgan fingerprint density at radius 1 is 0.583 bits per heavy atom. The van der Waals surface area contributed by atoms with Gasteiger partial charge < -0.3 is 9.64 Å². The summed E-state index contributed by atoms with van der Waals surface area (Å²) in [5.41, 5.74) is 10.3. The van der Waals surface area contributed by atoms with Gasteiger partial charge in [-0.05, 0) is 79.1 Å². The number of methoxy groups -OCH3 is 1. The molecule has 0 aromatic heterocycles. The maximum Gasteiger partial charge on any atom is 0.120 e. The minimum absolute atomic E-state index is 0.706. The number of benzene rings is 5. The number of aryl methyl sites for hydroxylation is 2. The molecule has 5 rings (SSSR count). The van der Waals surface area contributed by atoms with Crippen LogP contribution in [0, 0.1) is 13.8 Å². The van der Waals surface area contributed by atoms with Gasteiger partial charge in [-0.25, -0.2) is 0 Å². The zero-order valence-corrected chi connectivity index (χ0v) is 21.5. The van der Waals surface area contributed by atoms with E-state index in [0.717, 1.165) is 33.9 Å². The lowest BCUT2D eigenvalue weighted by molar-refractivity contribution is 0.415. The fraction of sp³-hybridized carbons (Fsp3) is 0.0909. The van der Waals surface area contributed by atoms with Crippen molar-refractivity contribution < 1.29 is 4.74 Å². The second kappa shape index (κ2) is 10.3. The molecule has 178 valence electrons. The minimum atomic E-state index is 0.706. The van der Waals surface area contributed by atoms with Crippen LogP contribution in [0.25, 0.3) is 22.3 Å². The summed E-state index contributed by atoms with van der Waals surface area (Å²) in [4.78, 5) is 2.26. The number of halogens is 1. The van der Waals surface area contributed by atoms with Gasteiger partial charge in [-0.2, -0.15) is 0 Å². The fourth-order valence-electron chi connectivity index (χ4n) is 4.39. The molecule has 0 heterocycles. The molecule has 0 saturated heterocycles. The lowest BCUT2D eigenvalue weighted by Gasteiger charge is -2.28. The molecule has 0 aliphatic heterocycles. The van der Waals surface area contributed by atoms with E-state index < -0.39 is 0 Å². The zero-order valence-electron chi connectivity index (χ0n) is 20.7. The van der Waals surface area contributed by atoms with Crippen molar-refractivity contribution in [3.05, 3.63) is 131 Å². The predicted octanol–water partition coefficient (Wildman–Crippen LogP) is 9.77. The van der Waals surface area contributed by atoms with Gasteiger partial charge in [-0.3, -0.25) is 0 Å². The van der Waals surface area contributed by atoms with Crippen LogP contribution < -0.4 is 9.64 Å². The lowest BCUT2D eigenvalue weighted by atomic mass is 9.95. The highest BCUT2D eigenvalue weighted by Gasteiger charge is 2.19. The van der Waals surface area contributed by atoms with Crippen LogP contribution in [-0.4, -0.2) is 7.11 Å². The first-order valence-electron chi connectivity index (χ1n) is 12.0. The maximum absolute atomic E-state index is 6.26. The molecule has 0 spiro atoms. The first-order chi connectivity index (χ1) is 17.5. The zero-order chi connectivity index (χ0) is 25.1. The summed E-state index contributed by atoms with van der Waals surface area (Å²) in [6.07, 6.45) is 0. The van der Waals surface area contributed by atoms with Gasteiger partial charge in [0.2, 0.25) is 0 Å². The van der Waals surface area contributed by atoms with Crippen molar-refractivity contribution in [1.82, 2.24) is 0 Å². The van der Waals surface area contributed by atoms with Crippen LogP contribution in [0.2, 0.25) is 5.02 Å². The molecule has 0 fully saturated rings. The van der Waals surface area contributed by atoms with E-state index in [-0.39, 0.29) is 0 Å². The van der Waals surface area contributed by atoms with Crippen molar-refractivity contribution in [2.45, 2.75) is 13.8 Å². The van der Waals surface area contributed by atoms with E-state index in [9.17, 15) is 0 Å². The number of anilines is 3. The van der Waals surface area contributed by atoms with Gasteiger partial charge in [0.1, 0.15) is 5.75 Å². The van der Waals surface area contributed by atoms with Crippen LogP contribution in [0.4, 0.5) is 17.1 Å². The summed E-state index contributed by atoms with van der Waals surface area (Å²) < 4.78 is 5.56. The monoisotopic (exact) mass is 489 g/mol. The Morgan fingerprint density at radius 3 is 1.83 bits per heavy atom. The van der Waals surface area contributed by atoms with E-state index in [0.29, 0.717) is 5.02 Å². The largest absolute Gasteiger partial charge is 0.497 e. The maximum atomic E-state index is 6.26. The molecule has 0 atom stereocenters. The third-order valence-electron chi connectivity index (χ3n) is 6.38. The van der Waals surface area contributed by atoms with Crippen molar-refractivity contribution in [3.63, 3.8) is 0 Å². The molecule has 0 radical (unpaired) electrons. The van der Waals surface area contributed by atoms with Crippen molar-refractivity contribution in [1.29, 1.82) is 0 Å². The SMILES string of the molecule is COc1cccc(N(c2ccc(Cl)cc2)c2ccc(-c3ccc(C)cc3)cc2-c2ccc(C)cc2)c1. The van der Waals surface area contributed by atoms with E-state index >= 15 is 0 Å². The molecule has 5 aromatic carbocycles. The number of nitrogens with zero attached hydrogens (tertiary/aromatic N) is 1. The summed E-state index contributed by atoms with van der Waals surface area (Å²) in [7, 11) is 1.69. The molecule has 0 unspecified atom stereocenters. The van der Waals surface area contributed by atoms with Crippen molar-refractivity contribution >= 4 is 28.7 Å². The first-order valence-corrected chi connectivity index (χ1v) is 12.4. The van der Waals surface area contributed by atoms with Crippen LogP contribution >= 0.6 is 11.6 Å². The van der Waals surface area contributed by atoms with Gasteiger partial charge in [0.05, 0.1) is 12.8 Å². The van der Waals surface area contributed by atoms with Crippen LogP contribution in [-0.2, 0) is 0 Å². The molecule has 0 N–H and O–H groups in total. The van der Waals surface area contributed by atoms with Gasteiger partial charge >= 0.3 is 0 Å². The molecular formula is C33H28ClNO. The van der Waals surface area contributed by atoms with Crippen molar-refractivity contribution in [2.24, 2.45) is 0 Å². The second-order valence-electron chi connectivity index (χ2n) is 8.98. The van der Waals surface area contributed by atoms with E-state index in [4.69, 9.17) is 16.3 Å². The number of hydrogen-bond donors (Lipinski definition) is 0. The van der Waals surface area contributed by atoms with E-state index in [1.165, 1.54) is 22.3 Å². The molecule has 2 nitrogen and oxygen atoms in total. The molecule has 0 aliphatic carbocycles. The number of ether oxygens (including phenoxy) is 1. The third-order valence-corrected chi connectivity index (χ3v) is 6.63. The lowest BCUT2D eigenvalue weighted by Crippen LogP contribution is -2.11. The number of rotatable bonds is 6. The van der Waals surface area contributed by atoms with Gasteiger partial charge in [0.25, 0.3) is 0 Å². The molecule has 0 amide bonds. The van der Waals surface area contributed by atoms with E-state index in [2.05, 4.69) is 110 Å². The Kier molecular flexibility index (Phi) is 6.79. The minimum Gasteiger partial charge on any atom is -0.497 e. The van der Waals surface area contributed by atoms with Crippen molar-refractivity contribution in [3.8, 4) is 28.0 Å². The smallest absolute Gasteiger partial charge is 0.120 e. The second-order valence-corrected chi connectivity index (χ2v) is 9.41. The predicted molar refractivity (Wildman–Crippen MR) is 153 cm³/mol. The Bertz CT molecular complexity index is 1470. The average Bonchev–Trinajstić information content (AvgIpc) is 2.91. The molecule has 0 saturated carbocycles. The Balaban J connectivity index is 1.75. The molecule has 3 heteroatoms. The standard InChI is InChI=1S/C33H28ClNO/c1-23-7-11-25(12-8-23)27-15-20-33(32(21-27)26-13-9-24(2)10-14-26)35(29-18-16-28(34)17-19-29)30-5-4-6-31(22-30)36-3/h4-22H,1-3H3. The summed E-state index contributed by atoms with van der Waals surface area (Å²) >= 11 is 6.26. The molecule has 0 bridgehead atoms. The van der Waals surface area contributed by atoms with Crippen LogP contribution in [0.5, 0.6) is 5.75 Å².